The molecule has 0 radical (unpaired) electrons. The van der Waals surface area contributed by atoms with Crippen LogP contribution in [0, 0.1) is 6.92 Å². The van der Waals surface area contributed by atoms with Crippen molar-refractivity contribution in [1.29, 1.82) is 0 Å². The fourth-order valence-electron chi connectivity index (χ4n) is 12.4. The van der Waals surface area contributed by atoms with Crippen LogP contribution in [0.5, 0.6) is 0 Å². The molecule has 0 atom stereocenters. The zero-order valence-corrected chi connectivity index (χ0v) is 43.9. The Hall–Kier alpha value is -5.06. The van der Waals surface area contributed by atoms with Crippen molar-refractivity contribution in [2.75, 3.05) is 9.80 Å². The van der Waals surface area contributed by atoms with E-state index in [1.807, 2.05) is 0 Å². The maximum Gasteiger partial charge on any atom is 0.264 e. The van der Waals surface area contributed by atoms with Crippen molar-refractivity contribution in [2.45, 2.75) is 162 Å². The summed E-state index contributed by atoms with van der Waals surface area (Å²) < 4.78 is 2.86. The molecule has 4 aliphatic rings. The van der Waals surface area contributed by atoms with Gasteiger partial charge in [0.2, 0.25) is 0 Å². The summed E-state index contributed by atoms with van der Waals surface area (Å²) in [7, 11) is 0. The minimum Gasteiger partial charge on any atom is -0.311 e. The SMILES string of the molecule is Cc1ccccc1-c1cc2c3c(c1)N(c1ccc4c(c1)C(C)(C)CCC4(C)C)c1c(sc4cc5c(cc14)C(C)(C)CCC5(C)C)B3c1ccc(C(C)(C)C)cc1N2c1ccc(C(C)(C)C)cc1. The monoisotopic (exact) mass is 899 g/mol. The fraction of sp³-hybridized carbons (Fsp3) is 0.397. The minimum atomic E-state index is -0.0230. The van der Waals surface area contributed by atoms with Gasteiger partial charge in [-0.25, -0.2) is 0 Å². The Morgan fingerprint density at radius 3 is 1.66 bits per heavy atom. The first kappa shape index (κ1) is 44.5. The van der Waals surface area contributed by atoms with Gasteiger partial charge in [-0.2, -0.15) is 0 Å². The van der Waals surface area contributed by atoms with Crippen molar-refractivity contribution in [3.8, 4) is 11.1 Å². The Kier molecular flexibility index (Phi) is 9.61. The lowest BCUT2D eigenvalue weighted by Gasteiger charge is -2.45. The van der Waals surface area contributed by atoms with E-state index < -0.39 is 0 Å². The largest absolute Gasteiger partial charge is 0.311 e. The second kappa shape index (κ2) is 14.5. The molecule has 0 fully saturated rings. The van der Waals surface area contributed by atoms with Crippen LogP contribution in [-0.4, -0.2) is 6.71 Å². The van der Waals surface area contributed by atoms with E-state index in [1.54, 1.807) is 0 Å². The lowest BCUT2D eigenvalue weighted by molar-refractivity contribution is 0.332. The number of fused-ring (bicyclic) bond motifs is 8. The van der Waals surface area contributed by atoms with Gasteiger partial charge < -0.3 is 9.80 Å². The number of hydrogen-bond donors (Lipinski definition) is 0. The number of anilines is 6. The van der Waals surface area contributed by atoms with E-state index in [-0.39, 0.29) is 39.2 Å². The smallest absolute Gasteiger partial charge is 0.264 e. The van der Waals surface area contributed by atoms with Gasteiger partial charge in [0.1, 0.15) is 0 Å². The van der Waals surface area contributed by atoms with Crippen molar-refractivity contribution in [3.05, 3.63) is 148 Å². The minimum absolute atomic E-state index is 0.0230. The van der Waals surface area contributed by atoms with Crippen molar-refractivity contribution < 1.29 is 0 Å². The molecule has 4 heteroatoms. The molecular formula is C63H71BN2S. The van der Waals surface area contributed by atoms with Crippen molar-refractivity contribution in [2.24, 2.45) is 0 Å². The van der Waals surface area contributed by atoms with Crippen LogP contribution in [0.1, 0.15) is 162 Å². The van der Waals surface area contributed by atoms with E-state index in [9.17, 15) is 0 Å². The molecule has 11 rings (SSSR count). The van der Waals surface area contributed by atoms with Crippen LogP contribution in [-0.2, 0) is 32.5 Å². The summed E-state index contributed by atoms with van der Waals surface area (Å²) in [6, 6.07) is 43.9. The number of thiophene rings is 1. The number of nitrogens with zero attached hydrogens (tertiary/aromatic N) is 2. The molecule has 0 N–H and O–H groups in total. The first-order chi connectivity index (χ1) is 31.4. The molecule has 3 heterocycles. The molecular weight excluding hydrogens is 828 g/mol. The number of aryl methyl sites for hydroxylation is 1. The summed E-state index contributed by atoms with van der Waals surface area (Å²) >= 11 is 2.06. The third-order valence-corrected chi connectivity index (χ3v) is 18.3. The lowest BCUT2D eigenvalue weighted by Crippen LogP contribution is -2.60. The molecule has 7 aromatic rings. The average molecular weight is 899 g/mol. The van der Waals surface area contributed by atoms with Crippen molar-refractivity contribution in [3.63, 3.8) is 0 Å². The van der Waals surface area contributed by atoms with E-state index in [0.717, 1.165) is 0 Å². The maximum atomic E-state index is 2.74. The van der Waals surface area contributed by atoms with Gasteiger partial charge in [-0.3, -0.25) is 0 Å². The first-order valence-electron chi connectivity index (χ1n) is 25.2. The molecule has 0 bridgehead atoms. The highest BCUT2D eigenvalue weighted by molar-refractivity contribution is 7.33. The number of hydrogen-bond acceptors (Lipinski definition) is 3. The summed E-state index contributed by atoms with van der Waals surface area (Å²) in [5.74, 6) is 0. The van der Waals surface area contributed by atoms with E-state index >= 15 is 0 Å². The molecule has 67 heavy (non-hydrogen) atoms. The van der Waals surface area contributed by atoms with Crippen LogP contribution in [0.2, 0.25) is 0 Å². The molecule has 1 aromatic heterocycles. The van der Waals surface area contributed by atoms with Gasteiger partial charge in [0.25, 0.3) is 6.71 Å². The van der Waals surface area contributed by atoms with Gasteiger partial charge in [-0.15, -0.1) is 11.3 Å². The quantitative estimate of drug-likeness (QED) is 0.163. The zero-order valence-electron chi connectivity index (χ0n) is 43.1. The molecule has 2 aliphatic heterocycles. The summed E-state index contributed by atoms with van der Waals surface area (Å²) in [5, 5.41) is 1.39. The highest BCUT2D eigenvalue weighted by Crippen LogP contribution is 2.55. The van der Waals surface area contributed by atoms with E-state index in [2.05, 4.69) is 234 Å². The van der Waals surface area contributed by atoms with Crippen LogP contribution in [0.15, 0.2) is 109 Å². The van der Waals surface area contributed by atoms with Gasteiger partial charge in [-0.05, 0) is 181 Å². The first-order valence-corrected chi connectivity index (χ1v) is 26.0. The highest BCUT2D eigenvalue weighted by atomic mass is 32.1. The van der Waals surface area contributed by atoms with Gasteiger partial charge >= 0.3 is 0 Å². The molecule has 0 saturated carbocycles. The normalized spacial score (nSPS) is 18.5. The highest BCUT2D eigenvalue weighted by Gasteiger charge is 2.48. The molecule has 0 saturated heterocycles. The maximum absolute atomic E-state index is 2.74. The number of benzene rings is 6. The summed E-state index contributed by atoms with van der Waals surface area (Å²) in [5.41, 5.74) is 23.5. The van der Waals surface area contributed by atoms with Crippen LogP contribution < -0.4 is 25.5 Å². The van der Waals surface area contributed by atoms with Crippen molar-refractivity contribution in [1.82, 2.24) is 0 Å². The Morgan fingerprint density at radius 1 is 0.507 bits per heavy atom. The van der Waals surface area contributed by atoms with Crippen LogP contribution in [0.25, 0.3) is 21.2 Å². The zero-order chi connectivity index (χ0) is 47.5. The molecule has 6 aromatic carbocycles. The van der Waals surface area contributed by atoms with Crippen LogP contribution in [0.4, 0.5) is 34.1 Å². The standard InChI is InChI=1S/C63H71BN2S/c1-38-18-16-17-19-44(38)39-32-52-55-53(33-39)66(43-25-26-46-47(35-43)61(10,11)29-28-60(46,8)9)56-45-36-48-49(63(14,15)31-30-62(48,12)13)37-54(45)67-57(56)64(55)50-27-22-41(59(5,6)7)34-51(50)65(52)42-23-20-40(21-24-42)58(2,3)4/h16-27,32-37H,28-31H2,1-15H3. The second-order valence-corrected chi connectivity index (χ2v) is 26.7. The van der Waals surface area contributed by atoms with Gasteiger partial charge in [0.15, 0.2) is 0 Å². The van der Waals surface area contributed by atoms with Crippen LogP contribution in [0.3, 0.4) is 0 Å². The van der Waals surface area contributed by atoms with Crippen LogP contribution >= 0.6 is 11.3 Å². The third-order valence-electron chi connectivity index (χ3n) is 17.0. The Labute approximate surface area is 406 Å². The van der Waals surface area contributed by atoms with E-state index in [0.29, 0.717) is 0 Å². The molecule has 0 spiro atoms. The van der Waals surface area contributed by atoms with Gasteiger partial charge in [0.05, 0.1) is 5.69 Å². The number of rotatable bonds is 3. The van der Waals surface area contributed by atoms with Gasteiger partial charge in [0, 0.05) is 43.3 Å². The molecule has 0 amide bonds. The predicted octanol–water partition coefficient (Wildman–Crippen LogP) is 16.3. The van der Waals surface area contributed by atoms with E-state index in [4.69, 9.17) is 0 Å². The molecule has 2 nitrogen and oxygen atoms in total. The molecule has 0 unspecified atom stereocenters. The molecule has 2 aliphatic carbocycles. The fourth-order valence-corrected chi connectivity index (χ4v) is 13.8. The van der Waals surface area contributed by atoms with Crippen molar-refractivity contribution >= 4 is 78.0 Å². The summed E-state index contributed by atoms with van der Waals surface area (Å²) in [6.45, 7) is 36.1. The molecule has 342 valence electrons. The predicted molar refractivity (Wildman–Crippen MR) is 294 cm³/mol. The Balaban J connectivity index is 1.30. The van der Waals surface area contributed by atoms with Gasteiger partial charge in [-0.1, -0.05) is 152 Å². The summed E-state index contributed by atoms with van der Waals surface area (Å²) in [4.78, 5) is 5.37. The topological polar surface area (TPSA) is 6.48 Å². The summed E-state index contributed by atoms with van der Waals surface area (Å²) in [6.07, 6.45) is 4.76. The average Bonchev–Trinajstić information content (AvgIpc) is 3.64. The second-order valence-electron chi connectivity index (χ2n) is 25.6. The Morgan fingerprint density at radius 2 is 1.04 bits per heavy atom. The third kappa shape index (κ3) is 6.84. The van der Waals surface area contributed by atoms with E-state index in [1.165, 1.54) is 136 Å². The lowest BCUT2D eigenvalue weighted by atomic mass is 9.36. The Bertz CT molecular complexity index is 3180.